The maximum atomic E-state index is 15.1. The van der Waals surface area contributed by atoms with Crippen molar-refractivity contribution in [2.45, 2.75) is 152 Å². The molecule has 6 unspecified atom stereocenters. The number of carbonyl (C=O) groups is 2. The van der Waals surface area contributed by atoms with Crippen LogP contribution in [0.15, 0.2) is 24.3 Å². The molecule has 2 aromatic carbocycles. The van der Waals surface area contributed by atoms with Crippen LogP contribution in [0.3, 0.4) is 0 Å². The van der Waals surface area contributed by atoms with E-state index in [1.165, 1.54) is 25.0 Å². The van der Waals surface area contributed by atoms with Crippen LogP contribution >= 0.6 is 0 Å². The molecule has 2 aromatic rings. The molecule has 0 spiro atoms. The Kier molecular flexibility index (Phi) is 11.8. The smallest absolute Gasteiger partial charge is 0.311 e. The predicted molar refractivity (Wildman–Crippen MR) is 183 cm³/mol. The summed E-state index contributed by atoms with van der Waals surface area (Å²) in [6, 6.07) is 6.50. The summed E-state index contributed by atoms with van der Waals surface area (Å²) in [6.07, 6.45) is 17.8. The van der Waals surface area contributed by atoms with Crippen molar-refractivity contribution in [3.8, 4) is 11.5 Å². The van der Waals surface area contributed by atoms with Crippen LogP contribution in [0.1, 0.15) is 150 Å². The van der Waals surface area contributed by atoms with Crippen LogP contribution in [0.25, 0.3) is 0 Å². The fourth-order valence-electron chi connectivity index (χ4n) is 9.13. The second-order valence-corrected chi connectivity index (χ2v) is 15.1. The standard InChI is InChI=1S/C40H54F2N2O4/c41-35-23-27(21-31-29-15-9-5-7-13-25(39(29)43)19-33(31)35)47-37(45)17-11-3-1-2-4-12-18-38(46)48-28-22-32-30-16-10-6-8-14-26(40(30)44)20-34(32)36(42)24-28/h21-26,29-30,39-40H,1-20,43-44H2. The van der Waals surface area contributed by atoms with E-state index in [2.05, 4.69) is 0 Å². The van der Waals surface area contributed by atoms with E-state index in [1.54, 1.807) is 0 Å². The summed E-state index contributed by atoms with van der Waals surface area (Å²) in [5.41, 5.74) is 16.6. The molecular formula is C40H54F2N2O4. The largest absolute Gasteiger partial charge is 0.426 e. The van der Waals surface area contributed by atoms with Gasteiger partial charge in [0.15, 0.2) is 0 Å². The molecule has 262 valence electrons. The number of rotatable bonds is 11. The zero-order valence-electron chi connectivity index (χ0n) is 28.5. The second kappa shape index (κ2) is 16.2. The van der Waals surface area contributed by atoms with Gasteiger partial charge < -0.3 is 20.9 Å². The first-order valence-electron chi connectivity index (χ1n) is 18.9. The van der Waals surface area contributed by atoms with Gasteiger partial charge in [-0.3, -0.25) is 9.59 Å². The monoisotopic (exact) mass is 664 g/mol. The molecular weight excluding hydrogens is 610 g/mol. The summed E-state index contributed by atoms with van der Waals surface area (Å²) in [6.45, 7) is 0. The van der Waals surface area contributed by atoms with Gasteiger partial charge in [0.25, 0.3) is 0 Å². The highest BCUT2D eigenvalue weighted by Gasteiger charge is 2.38. The van der Waals surface area contributed by atoms with Gasteiger partial charge in [-0.1, -0.05) is 64.2 Å². The van der Waals surface area contributed by atoms with Gasteiger partial charge in [-0.25, -0.2) is 8.78 Å². The molecule has 0 amide bonds. The summed E-state index contributed by atoms with van der Waals surface area (Å²) in [4.78, 5) is 25.2. The van der Waals surface area contributed by atoms with Crippen molar-refractivity contribution in [1.82, 2.24) is 0 Å². The lowest BCUT2D eigenvalue weighted by Crippen LogP contribution is -2.42. The number of hydrogen-bond acceptors (Lipinski definition) is 6. The lowest BCUT2D eigenvalue weighted by molar-refractivity contribution is -0.135. The Bertz CT molecular complexity index is 1340. The van der Waals surface area contributed by atoms with Crippen molar-refractivity contribution in [2.24, 2.45) is 23.3 Å². The molecule has 2 saturated carbocycles. The van der Waals surface area contributed by atoms with Crippen LogP contribution in [0.4, 0.5) is 8.78 Å². The SMILES string of the molecule is NC1C2CCCCCC1c1cc(OC(=O)CCCCCCCCC(=O)Oc3cc(F)c4c(c3)C3CCCCCC(C4)C3N)cc(F)c1C2. The molecule has 4 bridgehead atoms. The zero-order valence-corrected chi connectivity index (χ0v) is 28.5. The molecule has 6 atom stereocenters. The molecule has 2 fully saturated rings. The molecule has 0 saturated heterocycles. The minimum atomic E-state index is -0.345. The first-order chi connectivity index (χ1) is 23.3. The molecule has 4 N–H and O–H groups in total. The van der Waals surface area contributed by atoms with Crippen LogP contribution < -0.4 is 20.9 Å². The van der Waals surface area contributed by atoms with E-state index in [0.717, 1.165) is 99.3 Å². The third-order valence-electron chi connectivity index (χ3n) is 11.8. The van der Waals surface area contributed by atoms with Gasteiger partial charge in [-0.2, -0.15) is 0 Å². The molecule has 0 heterocycles. The number of benzene rings is 2. The van der Waals surface area contributed by atoms with Crippen LogP contribution in [0.2, 0.25) is 0 Å². The van der Waals surface area contributed by atoms with Gasteiger partial charge in [0.1, 0.15) is 23.1 Å². The summed E-state index contributed by atoms with van der Waals surface area (Å²) in [5, 5.41) is 0. The van der Waals surface area contributed by atoms with E-state index >= 15 is 8.78 Å². The summed E-state index contributed by atoms with van der Waals surface area (Å²) in [5.74, 6) is 0.188. The lowest BCUT2D eigenvalue weighted by Gasteiger charge is -2.39. The molecule has 48 heavy (non-hydrogen) atoms. The van der Waals surface area contributed by atoms with E-state index in [0.29, 0.717) is 37.5 Å². The van der Waals surface area contributed by atoms with Gasteiger partial charge in [-0.05, 0) is 109 Å². The molecule has 4 aliphatic carbocycles. The van der Waals surface area contributed by atoms with Crippen molar-refractivity contribution in [3.63, 3.8) is 0 Å². The van der Waals surface area contributed by atoms with Gasteiger partial charge >= 0.3 is 11.9 Å². The molecule has 8 heteroatoms. The quantitative estimate of drug-likeness (QED) is 0.142. The zero-order chi connectivity index (χ0) is 33.6. The number of esters is 2. The minimum Gasteiger partial charge on any atom is -0.426 e. The Morgan fingerprint density at radius 2 is 0.979 bits per heavy atom. The van der Waals surface area contributed by atoms with Gasteiger partial charge in [0.2, 0.25) is 0 Å². The average molecular weight is 665 g/mol. The van der Waals surface area contributed by atoms with E-state index < -0.39 is 0 Å². The number of fused-ring (bicyclic) bond motifs is 8. The number of unbranched alkanes of at least 4 members (excludes halogenated alkanes) is 5. The Balaban J connectivity index is 0.886. The Labute approximate surface area is 284 Å². The fraction of sp³-hybridized carbons (Fsp3) is 0.650. The maximum absolute atomic E-state index is 15.1. The fourth-order valence-corrected chi connectivity index (χ4v) is 9.13. The van der Waals surface area contributed by atoms with Crippen molar-refractivity contribution in [3.05, 3.63) is 58.2 Å². The summed E-state index contributed by atoms with van der Waals surface area (Å²) in [7, 11) is 0. The Hall–Kier alpha value is -2.84. The molecule has 0 aromatic heterocycles. The maximum Gasteiger partial charge on any atom is 0.311 e. The summed E-state index contributed by atoms with van der Waals surface area (Å²) >= 11 is 0. The van der Waals surface area contributed by atoms with Crippen molar-refractivity contribution >= 4 is 11.9 Å². The third kappa shape index (κ3) is 8.30. The minimum absolute atomic E-state index is 0.0292. The van der Waals surface area contributed by atoms with Crippen LogP contribution in [0, 0.1) is 23.5 Å². The average Bonchev–Trinajstić information content (AvgIpc) is 3.04. The van der Waals surface area contributed by atoms with E-state index in [4.69, 9.17) is 20.9 Å². The number of nitrogens with two attached hydrogens (primary N) is 2. The lowest BCUT2D eigenvalue weighted by atomic mass is 9.68. The molecule has 6 rings (SSSR count). The Morgan fingerprint density at radius 3 is 1.42 bits per heavy atom. The molecule has 4 aliphatic rings. The highest BCUT2D eigenvalue weighted by Crippen LogP contribution is 2.45. The van der Waals surface area contributed by atoms with Gasteiger partial charge in [-0.15, -0.1) is 0 Å². The highest BCUT2D eigenvalue weighted by molar-refractivity contribution is 5.73. The highest BCUT2D eigenvalue weighted by atomic mass is 19.1. The van der Waals surface area contributed by atoms with Crippen LogP contribution in [-0.2, 0) is 22.4 Å². The van der Waals surface area contributed by atoms with E-state index in [9.17, 15) is 9.59 Å². The molecule has 0 aliphatic heterocycles. The third-order valence-corrected chi connectivity index (χ3v) is 11.8. The van der Waals surface area contributed by atoms with Crippen molar-refractivity contribution in [2.75, 3.05) is 0 Å². The molecule has 0 radical (unpaired) electrons. The van der Waals surface area contributed by atoms with Crippen LogP contribution in [-0.4, -0.2) is 24.0 Å². The number of hydrogen-bond donors (Lipinski definition) is 2. The Morgan fingerprint density at radius 1 is 0.583 bits per heavy atom. The number of ether oxygens (including phenoxy) is 2. The first kappa shape index (κ1) is 35.0. The normalized spacial score (nSPS) is 26.6. The van der Waals surface area contributed by atoms with E-state index in [-0.39, 0.29) is 71.8 Å². The second-order valence-electron chi connectivity index (χ2n) is 15.1. The molecule has 6 nitrogen and oxygen atoms in total. The number of carbonyl (C=O) groups excluding carboxylic acids is 2. The van der Waals surface area contributed by atoms with E-state index in [1.807, 2.05) is 12.1 Å². The first-order valence-corrected chi connectivity index (χ1v) is 18.9. The van der Waals surface area contributed by atoms with Crippen molar-refractivity contribution in [1.29, 1.82) is 0 Å². The van der Waals surface area contributed by atoms with Gasteiger partial charge in [0, 0.05) is 37.1 Å². The van der Waals surface area contributed by atoms with Gasteiger partial charge in [0.05, 0.1) is 0 Å². The predicted octanol–water partition coefficient (Wildman–Crippen LogP) is 8.69. The van der Waals surface area contributed by atoms with Crippen LogP contribution in [0.5, 0.6) is 11.5 Å². The topological polar surface area (TPSA) is 105 Å². The number of halogens is 2. The summed E-state index contributed by atoms with van der Waals surface area (Å²) < 4.78 is 41.4. The van der Waals surface area contributed by atoms with Crippen molar-refractivity contribution < 1.29 is 27.8 Å².